The molecule has 0 saturated heterocycles. The molecule has 7 heteroatoms. The zero-order valence-corrected chi connectivity index (χ0v) is 15.3. The molecule has 138 valence electrons. The summed E-state index contributed by atoms with van der Waals surface area (Å²) in [5, 5.41) is 21.1. The lowest BCUT2D eigenvalue weighted by molar-refractivity contribution is 0.178. The van der Waals surface area contributed by atoms with Crippen LogP contribution < -0.4 is 16.1 Å². The summed E-state index contributed by atoms with van der Waals surface area (Å²) in [6.07, 6.45) is 9.81. The van der Waals surface area contributed by atoms with Crippen LogP contribution in [0.3, 0.4) is 0 Å². The molecule has 6 nitrogen and oxygen atoms in total. The minimum Gasteiger partial charge on any atom is -0.396 e. The molecule has 2 atom stereocenters. The van der Waals surface area contributed by atoms with Crippen molar-refractivity contribution >= 4 is 30.3 Å². The summed E-state index contributed by atoms with van der Waals surface area (Å²) in [4.78, 5) is 4.16. The SMILES string of the molecule is [B]c1cnn2c(NCc3cccnc3)cc(N[C@@H]3CCCC[C@@H]3CO)cc12. The molecule has 0 unspecified atom stereocenters. The predicted octanol–water partition coefficient (Wildman–Crippen LogP) is 2.10. The van der Waals surface area contributed by atoms with Gasteiger partial charge in [0.25, 0.3) is 0 Å². The average Bonchev–Trinajstić information content (AvgIpc) is 3.08. The summed E-state index contributed by atoms with van der Waals surface area (Å²) >= 11 is 0. The van der Waals surface area contributed by atoms with Crippen LogP contribution in [-0.4, -0.2) is 40.2 Å². The Morgan fingerprint density at radius 2 is 2.11 bits per heavy atom. The molecule has 0 aliphatic heterocycles. The van der Waals surface area contributed by atoms with Crippen molar-refractivity contribution in [2.75, 3.05) is 17.2 Å². The molecule has 3 N–H and O–H groups in total. The molecule has 0 amide bonds. The number of pyridine rings is 2. The van der Waals surface area contributed by atoms with Crippen molar-refractivity contribution < 1.29 is 5.11 Å². The van der Waals surface area contributed by atoms with Crippen molar-refractivity contribution in [1.82, 2.24) is 14.6 Å². The van der Waals surface area contributed by atoms with Crippen LogP contribution in [-0.2, 0) is 6.54 Å². The third-order valence-electron chi connectivity index (χ3n) is 5.34. The maximum Gasteiger partial charge on any atom is 0.130 e. The summed E-state index contributed by atoms with van der Waals surface area (Å²) in [5.74, 6) is 1.16. The third kappa shape index (κ3) is 3.93. The van der Waals surface area contributed by atoms with Crippen molar-refractivity contribution in [2.24, 2.45) is 5.92 Å². The standard InChI is InChI=1S/C20H24BN5O/c21-17-12-24-26-19(17)8-16(25-18-6-2-1-5-15(18)13-27)9-20(26)23-11-14-4-3-7-22-10-14/h3-4,7-10,12,15,18,23,25,27H,1-2,5-6,11,13H2/t15-,18-/m1/s1. The highest BCUT2D eigenvalue weighted by Gasteiger charge is 2.24. The van der Waals surface area contributed by atoms with Crippen LogP contribution in [0, 0.1) is 5.92 Å². The van der Waals surface area contributed by atoms with Crippen LogP contribution >= 0.6 is 0 Å². The number of nitrogens with one attached hydrogen (secondary N) is 2. The van der Waals surface area contributed by atoms with Crippen molar-refractivity contribution in [3.63, 3.8) is 0 Å². The highest BCUT2D eigenvalue weighted by molar-refractivity contribution is 6.36. The first kappa shape index (κ1) is 17.9. The number of hydrogen-bond donors (Lipinski definition) is 3. The van der Waals surface area contributed by atoms with E-state index < -0.39 is 0 Å². The molecular weight excluding hydrogens is 337 g/mol. The maximum absolute atomic E-state index is 9.69. The maximum atomic E-state index is 9.69. The number of hydrogen-bond acceptors (Lipinski definition) is 5. The van der Waals surface area contributed by atoms with Gasteiger partial charge in [0.15, 0.2) is 0 Å². The van der Waals surface area contributed by atoms with E-state index >= 15 is 0 Å². The van der Waals surface area contributed by atoms with Gasteiger partial charge in [0.05, 0.1) is 5.52 Å². The van der Waals surface area contributed by atoms with Gasteiger partial charge in [-0.2, -0.15) is 5.10 Å². The number of aromatic nitrogens is 3. The zero-order chi connectivity index (χ0) is 18.6. The number of nitrogens with zero attached hydrogens (tertiary/aromatic N) is 3. The first-order chi connectivity index (χ1) is 13.2. The topological polar surface area (TPSA) is 74.5 Å². The van der Waals surface area contributed by atoms with E-state index in [1.807, 2.05) is 28.9 Å². The van der Waals surface area contributed by atoms with Gasteiger partial charge in [0.1, 0.15) is 13.7 Å². The number of rotatable bonds is 6. The molecule has 27 heavy (non-hydrogen) atoms. The van der Waals surface area contributed by atoms with Gasteiger partial charge in [-0.1, -0.05) is 24.4 Å². The van der Waals surface area contributed by atoms with Crippen LogP contribution in [0.25, 0.3) is 5.52 Å². The van der Waals surface area contributed by atoms with E-state index in [2.05, 4.69) is 26.8 Å². The van der Waals surface area contributed by atoms with Gasteiger partial charge in [-0.05, 0) is 30.5 Å². The molecule has 1 aliphatic carbocycles. The van der Waals surface area contributed by atoms with E-state index in [4.69, 9.17) is 7.85 Å². The van der Waals surface area contributed by atoms with Crippen molar-refractivity contribution in [1.29, 1.82) is 0 Å². The van der Waals surface area contributed by atoms with E-state index in [1.165, 1.54) is 12.8 Å². The van der Waals surface area contributed by atoms with Crippen molar-refractivity contribution in [2.45, 2.75) is 38.3 Å². The molecule has 0 spiro atoms. The Hall–Kier alpha value is -2.54. The second-order valence-corrected chi connectivity index (χ2v) is 7.22. The molecule has 3 aromatic heterocycles. The fourth-order valence-corrected chi connectivity index (χ4v) is 3.84. The van der Waals surface area contributed by atoms with Gasteiger partial charge >= 0.3 is 0 Å². The highest BCUT2D eigenvalue weighted by atomic mass is 16.3. The molecule has 1 fully saturated rings. The van der Waals surface area contributed by atoms with Crippen molar-refractivity contribution in [3.05, 3.63) is 48.4 Å². The number of aliphatic hydroxyl groups excluding tert-OH is 1. The molecular formula is C20H24BN5O. The van der Waals surface area contributed by atoms with E-state index in [9.17, 15) is 5.11 Å². The van der Waals surface area contributed by atoms with Gasteiger partial charge in [0, 0.05) is 55.5 Å². The van der Waals surface area contributed by atoms with Gasteiger partial charge in [-0.25, -0.2) is 4.52 Å². The minimum absolute atomic E-state index is 0.223. The van der Waals surface area contributed by atoms with E-state index in [0.717, 1.165) is 35.4 Å². The molecule has 2 radical (unpaired) electrons. The lowest BCUT2D eigenvalue weighted by atomic mass is 9.85. The Labute approximate surface area is 160 Å². The Bertz CT molecular complexity index is 898. The van der Waals surface area contributed by atoms with Crippen LogP contribution in [0.15, 0.2) is 42.9 Å². The first-order valence-electron chi connectivity index (χ1n) is 9.52. The monoisotopic (exact) mass is 361 g/mol. The Kier molecular flexibility index (Phi) is 5.29. The molecule has 1 aliphatic rings. The quantitative estimate of drug-likeness (QED) is 0.587. The third-order valence-corrected chi connectivity index (χ3v) is 5.34. The van der Waals surface area contributed by atoms with Gasteiger partial charge in [-0.3, -0.25) is 4.98 Å². The summed E-state index contributed by atoms with van der Waals surface area (Å²) < 4.78 is 1.82. The number of anilines is 2. The second kappa shape index (κ2) is 8.00. The fraction of sp³-hybridized carbons (Fsp3) is 0.400. The Morgan fingerprint density at radius 3 is 2.93 bits per heavy atom. The number of fused-ring (bicyclic) bond motifs is 1. The second-order valence-electron chi connectivity index (χ2n) is 7.22. The summed E-state index contributed by atoms with van der Waals surface area (Å²) in [6.45, 7) is 0.871. The molecule has 0 aromatic carbocycles. The van der Waals surface area contributed by atoms with Gasteiger partial charge < -0.3 is 15.7 Å². The first-order valence-corrected chi connectivity index (χ1v) is 9.52. The van der Waals surface area contributed by atoms with Gasteiger partial charge in [-0.15, -0.1) is 0 Å². The number of aliphatic hydroxyl groups is 1. The normalized spacial score (nSPS) is 19.9. The van der Waals surface area contributed by atoms with Crippen molar-refractivity contribution in [3.8, 4) is 0 Å². The van der Waals surface area contributed by atoms with E-state index in [-0.39, 0.29) is 12.6 Å². The fourth-order valence-electron chi connectivity index (χ4n) is 3.84. The molecule has 4 rings (SSSR count). The largest absolute Gasteiger partial charge is 0.396 e. The Balaban J connectivity index is 1.60. The lowest BCUT2D eigenvalue weighted by Gasteiger charge is -2.32. The molecule has 3 aromatic rings. The predicted molar refractivity (Wildman–Crippen MR) is 109 cm³/mol. The summed E-state index contributed by atoms with van der Waals surface area (Å²) in [6, 6.07) is 8.32. The Morgan fingerprint density at radius 1 is 1.22 bits per heavy atom. The minimum atomic E-state index is 0.223. The smallest absolute Gasteiger partial charge is 0.130 e. The zero-order valence-electron chi connectivity index (χ0n) is 15.3. The van der Waals surface area contributed by atoms with Crippen LogP contribution in [0.2, 0.25) is 0 Å². The van der Waals surface area contributed by atoms with Gasteiger partial charge in [0.2, 0.25) is 0 Å². The van der Waals surface area contributed by atoms with Crippen LogP contribution in [0.1, 0.15) is 31.2 Å². The van der Waals surface area contributed by atoms with E-state index in [0.29, 0.717) is 17.9 Å². The molecule has 1 saturated carbocycles. The van der Waals surface area contributed by atoms with E-state index in [1.54, 1.807) is 12.4 Å². The van der Waals surface area contributed by atoms with Crippen LogP contribution in [0.5, 0.6) is 0 Å². The summed E-state index contributed by atoms with van der Waals surface area (Å²) in [5.41, 5.74) is 3.60. The summed E-state index contributed by atoms with van der Waals surface area (Å²) in [7, 11) is 6.12. The lowest BCUT2D eigenvalue weighted by Crippen LogP contribution is -2.34. The van der Waals surface area contributed by atoms with Crippen LogP contribution in [0.4, 0.5) is 11.5 Å². The molecule has 3 heterocycles. The highest BCUT2D eigenvalue weighted by Crippen LogP contribution is 2.28. The average molecular weight is 361 g/mol. The molecule has 0 bridgehead atoms.